The third-order valence-corrected chi connectivity index (χ3v) is 5.38. The number of unbranched alkanes of at least 4 members (excludes halogenated alkanes) is 2. The van der Waals surface area contributed by atoms with Crippen molar-refractivity contribution in [1.29, 1.82) is 0 Å². The quantitative estimate of drug-likeness (QED) is 0.275. The lowest BCUT2D eigenvalue weighted by molar-refractivity contribution is 0.304. The number of hydrogen-bond donors (Lipinski definition) is 2. The number of hydrogen-bond acceptors (Lipinski definition) is 3. The summed E-state index contributed by atoms with van der Waals surface area (Å²) in [7, 11) is 0. The van der Waals surface area contributed by atoms with E-state index in [2.05, 4.69) is 69.4 Å². The van der Waals surface area contributed by atoms with Gasteiger partial charge in [-0.15, -0.1) is 6.58 Å². The summed E-state index contributed by atoms with van der Waals surface area (Å²) in [5, 5.41) is 7.07. The normalized spacial score (nSPS) is 13.5. The molecule has 1 heterocycles. The van der Waals surface area contributed by atoms with Crippen LogP contribution < -0.4 is 15.4 Å². The van der Waals surface area contributed by atoms with E-state index in [1.165, 1.54) is 16.7 Å². The van der Waals surface area contributed by atoms with Crippen LogP contribution in [-0.2, 0) is 13.0 Å². The van der Waals surface area contributed by atoms with Crippen LogP contribution >= 0.6 is 0 Å². The van der Waals surface area contributed by atoms with E-state index >= 15 is 0 Å². The molecule has 0 spiro atoms. The highest BCUT2D eigenvalue weighted by molar-refractivity contribution is 5.75. The standard InChI is InChI=1S/C28H40N2O/c1-8-10-11-12-13-31-28-16-24(18-29-17-20(3)4)25(15-23(28)9-2)27-14-22(7)26(19-30-27)21(5)6/h8,14-16,19-20,29-30H,1,5,7,9-13,17-18H2,2-4,6H3. The van der Waals surface area contributed by atoms with Crippen molar-refractivity contribution in [2.45, 2.75) is 59.9 Å². The summed E-state index contributed by atoms with van der Waals surface area (Å²) in [6.07, 6.45) is 10.2. The highest BCUT2D eigenvalue weighted by Crippen LogP contribution is 2.32. The van der Waals surface area contributed by atoms with Gasteiger partial charge in [0.1, 0.15) is 5.75 Å². The van der Waals surface area contributed by atoms with E-state index < -0.39 is 0 Å². The maximum Gasteiger partial charge on any atom is 0.122 e. The van der Waals surface area contributed by atoms with Crippen molar-refractivity contribution in [3.8, 4) is 5.75 Å². The number of nitrogens with one attached hydrogen (secondary N) is 2. The van der Waals surface area contributed by atoms with Crippen molar-refractivity contribution in [3.05, 3.63) is 83.6 Å². The highest BCUT2D eigenvalue weighted by atomic mass is 16.5. The Morgan fingerprint density at radius 2 is 2.00 bits per heavy atom. The Morgan fingerprint density at radius 3 is 2.61 bits per heavy atom. The molecule has 0 aliphatic carbocycles. The van der Waals surface area contributed by atoms with Crippen LogP contribution in [0.25, 0.3) is 5.70 Å². The number of allylic oxidation sites excluding steroid dienone is 5. The maximum atomic E-state index is 6.21. The number of dihydropyridines is 1. The molecule has 0 fully saturated rings. The molecule has 0 saturated heterocycles. The first-order valence-electron chi connectivity index (χ1n) is 11.5. The maximum absolute atomic E-state index is 6.21. The zero-order chi connectivity index (χ0) is 22.8. The number of rotatable bonds is 13. The van der Waals surface area contributed by atoms with Crippen LogP contribution in [-0.4, -0.2) is 13.2 Å². The van der Waals surface area contributed by atoms with E-state index in [-0.39, 0.29) is 0 Å². The van der Waals surface area contributed by atoms with Crippen molar-refractivity contribution in [1.82, 2.24) is 10.6 Å². The molecule has 0 aromatic heterocycles. The third-order valence-electron chi connectivity index (χ3n) is 5.38. The van der Waals surface area contributed by atoms with Gasteiger partial charge in [-0.3, -0.25) is 0 Å². The van der Waals surface area contributed by atoms with Gasteiger partial charge in [0.25, 0.3) is 0 Å². The van der Waals surface area contributed by atoms with Crippen LogP contribution in [0.1, 0.15) is 63.6 Å². The number of benzene rings is 1. The zero-order valence-corrected chi connectivity index (χ0v) is 19.9. The van der Waals surface area contributed by atoms with Crippen LogP contribution in [0.15, 0.2) is 66.9 Å². The van der Waals surface area contributed by atoms with Gasteiger partial charge in [0.05, 0.1) is 6.61 Å². The van der Waals surface area contributed by atoms with Gasteiger partial charge in [-0.1, -0.05) is 40.0 Å². The molecule has 2 N–H and O–H groups in total. The summed E-state index contributed by atoms with van der Waals surface area (Å²) in [6, 6.07) is 4.50. The van der Waals surface area contributed by atoms with Crippen molar-refractivity contribution in [3.63, 3.8) is 0 Å². The molecule has 0 atom stereocenters. The summed E-state index contributed by atoms with van der Waals surface area (Å²) in [4.78, 5) is 0. The van der Waals surface area contributed by atoms with E-state index in [4.69, 9.17) is 4.74 Å². The van der Waals surface area contributed by atoms with Gasteiger partial charge in [-0.2, -0.15) is 0 Å². The topological polar surface area (TPSA) is 33.3 Å². The van der Waals surface area contributed by atoms with Crippen molar-refractivity contribution in [2.75, 3.05) is 13.2 Å². The fourth-order valence-electron chi connectivity index (χ4n) is 3.63. The average molecular weight is 421 g/mol. The first-order chi connectivity index (χ1) is 14.9. The molecule has 0 unspecified atom stereocenters. The molecular formula is C28H40N2O. The lowest BCUT2D eigenvalue weighted by atomic mass is 9.93. The Labute approximate surface area is 189 Å². The Balaban J connectivity index is 2.32. The molecule has 168 valence electrons. The SMILES string of the molecule is C=CCCCCOc1cc(CNCC(C)C)c(C2=CC(=C)C(C(=C)C)=CN2)cc1CC. The first kappa shape index (κ1) is 24.7. The average Bonchev–Trinajstić information content (AvgIpc) is 2.73. The van der Waals surface area contributed by atoms with Crippen LogP contribution in [0.5, 0.6) is 5.75 Å². The Hall–Kier alpha value is -2.52. The third kappa shape index (κ3) is 7.29. The minimum atomic E-state index is 0.604. The summed E-state index contributed by atoms with van der Waals surface area (Å²) in [6.45, 7) is 23.3. The van der Waals surface area contributed by atoms with Gasteiger partial charge in [0.2, 0.25) is 0 Å². The second kappa shape index (κ2) is 12.4. The highest BCUT2D eigenvalue weighted by Gasteiger charge is 2.17. The zero-order valence-electron chi connectivity index (χ0n) is 19.9. The molecule has 0 bridgehead atoms. The van der Waals surface area contributed by atoms with Gasteiger partial charge >= 0.3 is 0 Å². The summed E-state index contributed by atoms with van der Waals surface area (Å²) in [5.41, 5.74) is 7.81. The van der Waals surface area contributed by atoms with E-state index in [0.29, 0.717) is 5.92 Å². The van der Waals surface area contributed by atoms with Crippen LogP contribution in [0.4, 0.5) is 0 Å². The second-order valence-electron chi connectivity index (χ2n) is 8.69. The van der Waals surface area contributed by atoms with E-state index in [1.807, 2.05) is 19.2 Å². The summed E-state index contributed by atoms with van der Waals surface area (Å²) < 4.78 is 6.21. The molecule has 3 heteroatoms. The molecule has 2 rings (SSSR count). The molecule has 31 heavy (non-hydrogen) atoms. The lowest BCUT2D eigenvalue weighted by Crippen LogP contribution is -2.21. The molecular weight excluding hydrogens is 380 g/mol. The van der Waals surface area contributed by atoms with Crippen LogP contribution in [0, 0.1) is 5.92 Å². The van der Waals surface area contributed by atoms with Crippen molar-refractivity contribution in [2.24, 2.45) is 5.92 Å². The molecule has 3 nitrogen and oxygen atoms in total. The number of ether oxygens (including phenoxy) is 1. The summed E-state index contributed by atoms with van der Waals surface area (Å²) >= 11 is 0. The minimum Gasteiger partial charge on any atom is -0.493 e. The van der Waals surface area contributed by atoms with E-state index in [1.54, 1.807) is 0 Å². The van der Waals surface area contributed by atoms with Crippen LogP contribution in [0.2, 0.25) is 0 Å². The first-order valence-corrected chi connectivity index (χ1v) is 11.5. The Bertz CT molecular complexity index is 858. The molecule has 1 aromatic carbocycles. The minimum absolute atomic E-state index is 0.604. The molecule has 1 aliphatic rings. The molecule has 1 aromatic rings. The van der Waals surface area contributed by atoms with Gasteiger partial charge in [-0.05, 0) is 91.1 Å². The Kier molecular flexibility index (Phi) is 9.87. The fraction of sp³-hybridized carbons (Fsp3) is 0.429. The molecule has 0 saturated carbocycles. The van der Waals surface area contributed by atoms with Crippen molar-refractivity contribution >= 4 is 5.70 Å². The van der Waals surface area contributed by atoms with Gasteiger partial charge in [0.15, 0.2) is 0 Å². The van der Waals surface area contributed by atoms with Gasteiger partial charge < -0.3 is 15.4 Å². The van der Waals surface area contributed by atoms with Gasteiger partial charge in [0, 0.05) is 24.0 Å². The molecule has 1 aliphatic heterocycles. The smallest absolute Gasteiger partial charge is 0.122 e. The largest absolute Gasteiger partial charge is 0.493 e. The lowest BCUT2D eigenvalue weighted by Gasteiger charge is -2.23. The van der Waals surface area contributed by atoms with Crippen LogP contribution in [0.3, 0.4) is 0 Å². The van der Waals surface area contributed by atoms with E-state index in [0.717, 1.165) is 73.5 Å². The van der Waals surface area contributed by atoms with Crippen molar-refractivity contribution < 1.29 is 4.74 Å². The Morgan fingerprint density at radius 1 is 1.23 bits per heavy atom. The second-order valence-corrected chi connectivity index (χ2v) is 8.69. The summed E-state index contributed by atoms with van der Waals surface area (Å²) in [5.74, 6) is 1.60. The molecule has 0 radical (unpaired) electrons. The van der Waals surface area contributed by atoms with Gasteiger partial charge in [-0.25, -0.2) is 0 Å². The molecule has 0 amide bonds. The number of aryl methyl sites for hydroxylation is 1. The predicted molar refractivity (Wildman–Crippen MR) is 135 cm³/mol. The van der Waals surface area contributed by atoms with E-state index in [9.17, 15) is 0 Å². The fourth-order valence-corrected chi connectivity index (χ4v) is 3.63. The monoisotopic (exact) mass is 420 g/mol. The predicted octanol–water partition coefficient (Wildman–Crippen LogP) is 6.69.